The fourth-order valence-corrected chi connectivity index (χ4v) is 2.80. The predicted molar refractivity (Wildman–Crippen MR) is 83.7 cm³/mol. The Balaban J connectivity index is 1.49. The molecule has 1 heterocycles. The minimum Gasteiger partial charge on any atom is -0.493 e. The molecule has 0 spiro atoms. The van der Waals surface area contributed by atoms with Crippen LogP contribution in [0, 0.1) is 5.82 Å². The van der Waals surface area contributed by atoms with E-state index < -0.39 is 0 Å². The molecule has 1 fully saturated rings. The third-order valence-electron chi connectivity index (χ3n) is 3.73. The molecule has 20 heavy (non-hydrogen) atoms. The maximum atomic E-state index is 13.3. The standard InChI is InChI=1S/C16H23BrFNO/c17-15-8-7-14(13-16(15)18)20-12-6-2-1-3-9-19-10-4-5-11-19/h7-8,13H,1-6,9-12H2. The smallest absolute Gasteiger partial charge is 0.141 e. The number of rotatable bonds is 8. The van der Waals surface area contributed by atoms with Gasteiger partial charge in [-0.2, -0.15) is 0 Å². The van der Waals surface area contributed by atoms with Crippen LogP contribution in [0.15, 0.2) is 22.7 Å². The number of ether oxygens (including phenoxy) is 1. The second-order valence-electron chi connectivity index (χ2n) is 5.39. The van der Waals surface area contributed by atoms with Gasteiger partial charge in [-0.1, -0.05) is 12.8 Å². The van der Waals surface area contributed by atoms with Crippen molar-refractivity contribution in [3.05, 3.63) is 28.5 Å². The maximum Gasteiger partial charge on any atom is 0.141 e. The van der Waals surface area contributed by atoms with Crippen LogP contribution in [0.2, 0.25) is 0 Å². The highest BCUT2D eigenvalue weighted by atomic mass is 79.9. The highest BCUT2D eigenvalue weighted by Gasteiger charge is 2.09. The number of halogens is 2. The van der Waals surface area contributed by atoms with Crippen molar-refractivity contribution in [1.29, 1.82) is 0 Å². The lowest BCUT2D eigenvalue weighted by molar-refractivity contribution is 0.295. The first-order chi connectivity index (χ1) is 9.75. The molecule has 2 nitrogen and oxygen atoms in total. The molecular formula is C16H23BrFNO. The Morgan fingerprint density at radius 2 is 1.85 bits per heavy atom. The van der Waals surface area contributed by atoms with Gasteiger partial charge in [0.25, 0.3) is 0 Å². The minimum atomic E-state index is -0.270. The van der Waals surface area contributed by atoms with Gasteiger partial charge in [0.1, 0.15) is 11.6 Å². The first-order valence-electron chi connectivity index (χ1n) is 7.56. The van der Waals surface area contributed by atoms with E-state index in [1.165, 1.54) is 57.8 Å². The van der Waals surface area contributed by atoms with Crippen LogP contribution in [0.25, 0.3) is 0 Å². The van der Waals surface area contributed by atoms with Gasteiger partial charge in [-0.15, -0.1) is 0 Å². The number of benzene rings is 1. The van der Waals surface area contributed by atoms with Crippen molar-refractivity contribution in [2.75, 3.05) is 26.2 Å². The van der Waals surface area contributed by atoms with Crippen LogP contribution in [0.5, 0.6) is 5.75 Å². The van der Waals surface area contributed by atoms with Gasteiger partial charge in [0.05, 0.1) is 11.1 Å². The molecule has 0 atom stereocenters. The van der Waals surface area contributed by atoms with E-state index in [2.05, 4.69) is 20.8 Å². The van der Waals surface area contributed by atoms with E-state index in [0.29, 0.717) is 16.8 Å². The lowest BCUT2D eigenvalue weighted by Crippen LogP contribution is -2.20. The topological polar surface area (TPSA) is 12.5 Å². The summed E-state index contributed by atoms with van der Waals surface area (Å²) < 4.78 is 19.3. The predicted octanol–water partition coefficient (Wildman–Crippen LogP) is 4.62. The molecule has 1 saturated heterocycles. The van der Waals surface area contributed by atoms with Crippen LogP contribution in [0.4, 0.5) is 4.39 Å². The number of likely N-dealkylation sites (tertiary alicyclic amines) is 1. The number of unbranched alkanes of at least 4 members (excludes halogenated alkanes) is 3. The molecule has 0 unspecified atom stereocenters. The molecule has 0 radical (unpaired) electrons. The summed E-state index contributed by atoms with van der Waals surface area (Å²) in [6.07, 6.45) is 7.52. The second-order valence-corrected chi connectivity index (χ2v) is 6.24. The Labute approximate surface area is 129 Å². The second kappa shape index (κ2) is 8.63. The van der Waals surface area contributed by atoms with E-state index in [9.17, 15) is 4.39 Å². The molecule has 2 rings (SSSR count). The van der Waals surface area contributed by atoms with E-state index in [0.717, 1.165) is 6.42 Å². The molecule has 0 aliphatic carbocycles. The van der Waals surface area contributed by atoms with Gasteiger partial charge >= 0.3 is 0 Å². The van der Waals surface area contributed by atoms with Crippen LogP contribution in [0.1, 0.15) is 38.5 Å². The van der Waals surface area contributed by atoms with Gasteiger partial charge in [-0.25, -0.2) is 4.39 Å². The van der Waals surface area contributed by atoms with E-state index in [4.69, 9.17) is 4.74 Å². The first-order valence-corrected chi connectivity index (χ1v) is 8.35. The third-order valence-corrected chi connectivity index (χ3v) is 4.37. The molecule has 0 bridgehead atoms. The SMILES string of the molecule is Fc1cc(OCCCCCCN2CCCC2)ccc1Br. The van der Waals surface area contributed by atoms with Crippen LogP contribution >= 0.6 is 15.9 Å². The van der Waals surface area contributed by atoms with Crippen molar-refractivity contribution < 1.29 is 9.13 Å². The van der Waals surface area contributed by atoms with Gasteiger partial charge in [0, 0.05) is 6.07 Å². The molecule has 1 aliphatic heterocycles. The van der Waals surface area contributed by atoms with Crippen LogP contribution in [-0.2, 0) is 0 Å². The van der Waals surface area contributed by atoms with Crippen LogP contribution < -0.4 is 4.74 Å². The number of hydrogen-bond donors (Lipinski definition) is 0. The van der Waals surface area contributed by atoms with E-state index in [-0.39, 0.29) is 5.82 Å². The van der Waals surface area contributed by atoms with E-state index in [1.807, 2.05) is 0 Å². The summed E-state index contributed by atoms with van der Waals surface area (Å²) in [7, 11) is 0. The largest absolute Gasteiger partial charge is 0.493 e. The summed E-state index contributed by atoms with van der Waals surface area (Å²) in [6.45, 7) is 4.50. The monoisotopic (exact) mass is 343 g/mol. The fraction of sp³-hybridized carbons (Fsp3) is 0.625. The summed E-state index contributed by atoms with van der Waals surface area (Å²) in [4.78, 5) is 2.56. The van der Waals surface area contributed by atoms with Crippen molar-refractivity contribution in [1.82, 2.24) is 4.90 Å². The zero-order chi connectivity index (χ0) is 14.2. The average molecular weight is 344 g/mol. The van der Waals surface area contributed by atoms with Crippen molar-refractivity contribution >= 4 is 15.9 Å². The van der Waals surface area contributed by atoms with Gasteiger partial charge in [0.2, 0.25) is 0 Å². The molecule has 112 valence electrons. The summed E-state index contributed by atoms with van der Waals surface area (Å²) in [5, 5.41) is 0. The van der Waals surface area contributed by atoms with Crippen LogP contribution in [0.3, 0.4) is 0 Å². The van der Waals surface area contributed by atoms with E-state index in [1.54, 1.807) is 12.1 Å². The molecule has 4 heteroatoms. The first kappa shape index (κ1) is 15.8. The van der Waals surface area contributed by atoms with Crippen LogP contribution in [-0.4, -0.2) is 31.1 Å². The van der Waals surface area contributed by atoms with Gasteiger partial charge in [-0.3, -0.25) is 0 Å². The third kappa shape index (κ3) is 5.41. The summed E-state index contributed by atoms with van der Waals surface area (Å²) in [5.74, 6) is 0.343. The van der Waals surface area contributed by atoms with Gasteiger partial charge in [-0.05, 0) is 73.4 Å². The van der Waals surface area contributed by atoms with Crippen molar-refractivity contribution in [3.8, 4) is 5.75 Å². The van der Waals surface area contributed by atoms with E-state index >= 15 is 0 Å². The Morgan fingerprint density at radius 1 is 1.10 bits per heavy atom. The zero-order valence-electron chi connectivity index (χ0n) is 11.9. The molecular weight excluding hydrogens is 321 g/mol. The normalized spacial score (nSPS) is 15.7. The Bertz CT molecular complexity index is 407. The minimum absolute atomic E-state index is 0.270. The quantitative estimate of drug-likeness (QED) is 0.638. The van der Waals surface area contributed by atoms with Gasteiger partial charge < -0.3 is 9.64 Å². The van der Waals surface area contributed by atoms with Crippen molar-refractivity contribution in [3.63, 3.8) is 0 Å². The molecule has 0 saturated carbocycles. The summed E-state index contributed by atoms with van der Waals surface area (Å²) >= 11 is 3.13. The van der Waals surface area contributed by atoms with Crippen molar-refractivity contribution in [2.45, 2.75) is 38.5 Å². The molecule has 0 N–H and O–H groups in total. The molecule has 1 aromatic carbocycles. The maximum absolute atomic E-state index is 13.3. The molecule has 1 aliphatic rings. The molecule has 0 aromatic heterocycles. The average Bonchev–Trinajstić information content (AvgIpc) is 2.95. The molecule has 0 amide bonds. The Morgan fingerprint density at radius 3 is 2.60 bits per heavy atom. The zero-order valence-corrected chi connectivity index (χ0v) is 13.5. The summed E-state index contributed by atoms with van der Waals surface area (Å²) in [6, 6.07) is 4.90. The van der Waals surface area contributed by atoms with Gasteiger partial charge in [0.15, 0.2) is 0 Å². The highest BCUT2D eigenvalue weighted by molar-refractivity contribution is 9.10. The lowest BCUT2D eigenvalue weighted by Gasteiger charge is -2.13. The number of hydrogen-bond acceptors (Lipinski definition) is 2. The lowest BCUT2D eigenvalue weighted by atomic mass is 10.2. The van der Waals surface area contributed by atoms with Crippen molar-refractivity contribution in [2.24, 2.45) is 0 Å². The molecule has 1 aromatic rings. The Kier molecular flexibility index (Phi) is 6.80. The Hall–Kier alpha value is -0.610. The summed E-state index contributed by atoms with van der Waals surface area (Å²) in [5.41, 5.74) is 0. The highest BCUT2D eigenvalue weighted by Crippen LogP contribution is 2.21. The fourth-order valence-electron chi connectivity index (χ4n) is 2.55. The number of nitrogens with zero attached hydrogens (tertiary/aromatic N) is 1.